The van der Waals surface area contributed by atoms with Crippen molar-refractivity contribution in [1.29, 1.82) is 0 Å². The molecular formula is C21H22ClN5O2S2. The second-order valence-electron chi connectivity index (χ2n) is 7.60. The molecule has 0 radical (unpaired) electrons. The van der Waals surface area contributed by atoms with Gasteiger partial charge >= 0.3 is 0 Å². The van der Waals surface area contributed by atoms with Gasteiger partial charge in [0.1, 0.15) is 5.00 Å². The van der Waals surface area contributed by atoms with E-state index in [1.54, 1.807) is 10.6 Å². The van der Waals surface area contributed by atoms with E-state index in [1.807, 2.05) is 25.2 Å². The lowest BCUT2D eigenvalue weighted by Crippen LogP contribution is -2.20. The van der Waals surface area contributed by atoms with Crippen molar-refractivity contribution in [2.24, 2.45) is 18.7 Å². The lowest BCUT2D eigenvalue weighted by Gasteiger charge is -2.18. The summed E-state index contributed by atoms with van der Waals surface area (Å²) in [6, 6.07) is 7.40. The Hall–Kier alpha value is -2.36. The molecule has 0 fully saturated rings. The third-order valence-corrected chi connectivity index (χ3v) is 7.81. The topological polar surface area (TPSA) is 103 Å². The summed E-state index contributed by atoms with van der Waals surface area (Å²) in [5, 5.41) is 13.0. The van der Waals surface area contributed by atoms with Gasteiger partial charge < -0.3 is 15.6 Å². The summed E-state index contributed by atoms with van der Waals surface area (Å²) >= 11 is 8.99. The van der Waals surface area contributed by atoms with Crippen molar-refractivity contribution in [2.75, 3.05) is 11.1 Å². The van der Waals surface area contributed by atoms with Crippen molar-refractivity contribution in [3.63, 3.8) is 0 Å². The molecule has 1 atom stereocenters. The summed E-state index contributed by atoms with van der Waals surface area (Å²) in [5.74, 6) is 0.610. The number of thioether (sulfide) groups is 1. The molecule has 0 bridgehead atoms. The zero-order chi connectivity index (χ0) is 22.1. The summed E-state index contributed by atoms with van der Waals surface area (Å²) in [5.41, 5.74) is 7.86. The van der Waals surface area contributed by atoms with E-state index >= 15 is 0 Å². The first-order valence-corrected chi connectivity index (χ1v) is 12.0. The van der Waals surface area contributed by atoms with E-state index in [1.165, 1.54) is 23.1 Å². The number of carbonyl (C=O) groups is 2. The number of nitrogens with zero attached hydrogens (tertiary/aromatic N) is 3. The maximum absolute atomic E-state index is 12.6. The highest BCUT2D eigenvalue weighted by Gasteiger charge is 2.27. The molecule has 0 saturated carbocycles. The number of primary amides is 1. The molecule has 0 saturated heterocycles. The van der Waals surface area contributed by atoms with Crippen molar-refractivity contribution >= 4 is 51.5 Å². The maximum Gasteiger partial charge on any atom is 0.251 e. The maximum atomic E-state index is 12.6. The summed E-state index contributed by atoms with van der Waals surface area (Å²) in [6.07, 6.45) is 2.75. The molecule has 1 aromatic carbocycles. The predicted molar refractivity (Wildman–Crippen MR) is 125 cm³/mol. The van der Waals surface area contributed by atoms with Crippen LogP contribution in [0.2, 0.25) is 5.02 Å². The molecule has 4 rings (SSSR count). The van der Waals surface area contributed by atoms with Gasteiger partial charge in [-0.15, -0.1) is 21.5 Å². The van der Waals surface area contributed by atoms with Crippen LogP contribution in [-0.4, -0.2) is 32.3 Å². The molecule has 10 heteroatoms. The van der Waals surface area contributed by atoms with Crippen molar-refractivity contribution in [1.82, 2.24) is 14.8 Å². The van der Waals surface area contributed by atoms with Crippen LogP contribution in [0.15, 0.2) is 29.4 Å². The van der Waals surface area contributed by atoms with Crippen LogP contribution in [0.3, 0.4) is 0 Å². The number of amides is 2. The Bertz CT molecular complexity index is 1160. The monoisotopic (exact) mass is 475 g/mol. The lowest BCUT2D eigenvalue weighted by molar-refractivity contribution is -0.113. The number of nitrogens with one attached hydrogen (secondary N) is 1. The average molecular weight is 476 g/mol. The van der Waals surface area contributed by atoms with Gasteiger partial charge in [-0.1, -0.05) is 42.4 Å². The van der Waals surface area contributed by atoms with E-state index < -0.39 is 5.91 Å². The van der Waals surface area contributed by atoms with Gasteiger partial charge in [-0.25, -0.2) is 0 Å². The number of rotatable bonds is 6. The molecule has 2 heterocycles. The van der Waals surface area contributed by atoms with Gasteiger partial charge in [0.2, 0.25) is 5.91 Å². The smallest absolute Gasteiger partial charge is 0.251 e. The van der Waals surface area contributed by atoms with Gasteiger partial charge in [-0.2, -0.15) is 0 Å². The quantitative estimate of drug-likeness (QED) is 0.521. The lowest BCUT2D eigenvalue weighted by atomic mass is 9.88. The SMILES string of the molecule is CC1CCc2c(sc(NC(=O)CSc3nnc(-c4ccccc4Cl)n3C)c2C(N)=O)C1. The molecule has 1 unspecified atom stereocenters. The minimum absolute atomic E-state index is 0.131. The first-order chi connectivity index (χ1) is 14.8. The summed E-state index contributed by atoms with van der Waals surface area (Å²) in [6.45, 7) is 2.19. The van der Waals surface area contributed by atoms with Gasteiger partial charge in [-0.3, -0.25) is 9.59 Å². The largest absolute Gasteiger partial charge is 0.365 e. The molecule has 2 amide bonds. The van der Waals surface area contributed by atoms with Crippen LogP contribution in [0, 0.1) is 5.92 Å². The normalized spacial score (nSPS) is 15.5. The van der Waals surface area contributed by atoms with Crippen LogP contribution in [0.1, 0.15) is 34.1 Å². The Morgan fingerprint density at radius 1 is 1.35 bits per heavy atom. The number of hydrogen-bond acceptors (Lipinski definition) is 6. The van der Waals surface area contributed by atoms with E-state index in [-0.39, 0.29) is 11.7 Å². The molecule has 0 spiro atoms. The van der Waals surface area contributed by atoms with E-state index in [9.17, 15) is 9.59 Å². The van der Waals surface area contributed by atoms with Crippen molar-refractivity contribution in [3.8, 4) is 11.4 Å². The number of benzene rings is 1. The van der Waals surface area contributed by atoms with E-state index in [4.69, 9.17) is 17.3 Å². The zero-order valence-electron chi connectivity index (χ0n) is 17.1. The summed E-state index contributed by atoms with van der Waals surface area (Å²) in [7, 11) is 1.83. The molecule has 1 aliphatic carbocycles. The minimum Gasteiger partial charge on any atom is -0.365 e. The van der Waals surface area contributed by atoms with Crippen LogP contribution in [0.5, 0.6) is 0 Å². The molecule has 7 nitrogen and oxygen atoms in total. The number of thiophene rings is 1. The third kappa shape index (κ3) is 4.49. The first-order valence-electron chi connectivity index (χ1n) is 9.86. The minimum atomic E-state index is -0.493. The predicted octanol–water partition coefficient (Wildman–Crippen LogP) is 4.15. The fourth-order valence-corrected chi connectivity index (χ4v) is 6.07. The van der Waals surface area contributed by atoms with E-state index in [2.05, 4.69) is 22.4 Å². The van der Waals surface area contributed by atoms with Crippen LogP contribution < -0.4 is 11.1 Å². The number of nitrogens with two attached hydrogens (primary N) is 1. The van der Waals surface area contributed by atoms with Crippen molar-refractivity contribution < 1.29 is 9.59 Å². The standard InChI is InChI=1S/C21H22ClN5O2S2/c1-11-7-8-13-15(9-11)31-20(17(13)18(23)29)24-16(28)10-30-21-26-25-19(27(21)2)12-5-3-4-6-14(12)22/h3-6,11H,7-10H2,1-2H3,(H2,23,29)(H,24,28). The Morgan fingerprint density at radius 3 is 2.87 bits per heavy atom. The van der Waals surface area contributed by atoms with Gasteiger partial charge in [0.15, 0.2) is 11.0 Å². The molecule has 2 aromatic heterocycles. The second kappa shape index (κ2) is 9.02. The number of fused-ring (bicyclic) bond motifs is 1. The van der Waals surface area contributed by atoms with E-state index in [0.717, 1.165) is 35.3 Å². The van der Waals surface area contributed by atoms with Crippen LogP contribution in [0.25, 0.3) is 11.4 Å². The molecule has 162 valence electrons. The fraction of sp³-hybridized carbons (Fsp3) is 0.333. The van der Waals surface area contributed by atoms with Gasteiger partial charge in [0.25, 0.3) is 5.91 Å². The second-order valence-corrected chi connectivity index (χ2v) is 10.1. The van der Waals surface area contributed by atoms with Gasteiger partial charge in [0.05, 0.1) is 16.3 Å². The van der Waals surface area contributed by atoms with Crippen LogP contribution >= 0.6 is 34.7 Å². The molecule has 3 N–H and O–H groups in total. The average Bonchev–Trinajstić information content (AvgIpc) is 3.26. The Balaban J connectivity index is 1.46. The highest BCUT2D eigenvalue weighted by Crippen LogP contribution is 2.39. The Morgan fingerprint density at radius 2 is 2.13 bits per heavy atom. The fourth-order valence-electron chi connectivity index (χ4n) is 3.71. The van der Waals surface area contributed by atoms with Crippen molar-refractivity contribution in [2.45, 2.75) is 31.3 Å². The molecule has 31 heavy (non-hydrogen) atoms. The first kappa shape index (κ1) is 21.9. The number of hydrogen-bond donors (Lipinski definition) is 2. The molecule has 3 aromatic rings. The molecular weight excluding hydrogens is 454 g/mol. The van der Waals surface area contributed by atoms with Gasteiger partial charge in [-0.05, 0) is 42.9 Å². The highest BCUT2D eigenvalue weighted by molar-refractivity contribution is 7.99. The van der Waals surface area contributed by atoms with Crippen LogP contribution in [-0.2, 0) is 24.7 Å². The van der Waals surface area contributed by atoms with Crippen LogP contribution in [0.4, 0.5) is 5.00 Å². The number of carbonyl (C=O) groups excluding carboxylic acids is 2. The number of halogens is 1. The zero-order valence-corrected chi connectivity index (χ0v) is 19.5. The summed E-state index contributed by atoms with van der Waals surface area (Å²) in [4.78, 5) is 25.8. The highest BCUT2D eigenvalue weighted by atomic mass is 35.5. The number of anilines is 1. The third-order valence-electron chi connectivity index (χ3n) is 5.29. The Kier molecular flexibility index (Phi) is 6.36. The number of aromatic nitrogens is 3. The van der Waals surface area contributed by atoms with E-state index in [0.29, 0.717) is 32.5 Å². The Labute approximate surface area is 193 Å². The van der Waals surface area contributed by atoms with Gasteiger partial charge in [0, 0.05) is 17.5 Å². The molecule has 1 aliphatic rings. The van der Waals surface area contributed by atoms with Crippen molar-refractivity contribution in [3.05, 3.63) is 45.3 Å². The summed E-state index contributed by atoms with van der Waals surface area (Å²) < 4.78 is 1.80. The molecule has 0 aliphatic heterocycles.